The zero-order valence-electron chi connectivity index (χ0n) is 30.7. The molecule has 0 radical (unpaired) electrons. The minimum atomic E-state index is -0.879. The largest absolute Gasteiger partial charge is 0.506 e. The molecule has 6 rings (SSSR count). The van der Waals surface area contributed by atoms with Crippen LogP contribution in [0.25, 0.3) is 22.0 Å². The summed E-state index contributed by atoms with van der Waals surface area (Å²) in [6, 6.07) is 23.6. The summed E-state index contributed by atoms with van der Waals surface area (Å²) in [5.41, 5.74) is 3.17. The normalized spacial score (nSPS) is 16.2. The molecule has 3 amide bonds. The van der Waals surface area contributed by atoms with E-state index in [4.69, 9.17) is 4.74 Å². The Morgan fingerprint density at radius 1 is 0.926 bits per heavy atom. The molecular formula is C41H50N6O7. The van der Waals surface area contributed by atoms with E-state index >= 15 is 0 Å². The van der Waals surface area contributed by atoms with Crippen molar-refractivity contribution in [2.45, 2.75) is 44.3 Å². The van der Waals surface area contributed by atoms with Gasteiger partial charge in [0.2, 0.25) is 17.4 Å². The van der Waals surface area contributed by atoms with Crippen molar-refractivity contribution in [3.05, 3.63) is 94.8 Å². The lowest BCUT2D eigenvalue weighted by Gasteiger charge is -2.34. The number of aromatic nitrogens is 1. The fourth-order valence-corrected chi connectivity index (χ4v) is 7.36. The van der Waals surface area contributed by atoms with E-state index < -0.39 is 12.2 Å². The number of ether oxygens (including phenoxy) is 1. The van der Waals surface area contributed by atoms with Crippen molar-refractivity contribution in [1.82, 2.24) is 25.0 Å². The summed E-state index contributed by atoms with van der Waals surface area (Å²) in [5.74, 6) is -0.0542. The summed E-state index contributed by atoms with van der Waals surface area (Å²) in [5, 5.41) is 27.6. The zero-order valence-corrected chi connectivity index (χ0v) is 30.7. The molecule has 0 saturated carbocycles. The third kappa shape index (κ3) is 9.84. The van der Waals surface area contributed by atoms with Gasteiger partial charge in [0.25, 0.3) is 0 Å². The first-order valence-corrected chi connectivity index (χ1v) is 18.8. The molecule has 5 N–H and O–H groups in total. The second kappa shape index (κ2) is 18.2. The van der Waals surface area contributed by atoms with E-state index in [9.17, 15) is 29.4 Å². The molecule has 0 aliphatic carbocycles. The lowest BCUT2D eigenvalue weighted by Crippen LogP contribution is -2.45. The van der Waals surface area contributed by atoms with Crippen LogP contribution >= 0.6 is 0 Å². The molecule has 2 fully saturated rings. The van der Waals surface area contributed by atoms with Gasteiger partial charge in [-0.25, -0.2) is 4.79 Å². The highest BCUT2D eigenvalue weighted by molar-refractivity contribution is 5.91. The molecule has 4 aromatic rings. The topological polar surface area (TPSA) is 168 Å². The van der Waals surface area contributed by atoms with Crippen LogP contribution in [0, 0.1) is 5.92 Å². The average Bonchev–Trinajstić information content (AvgIpc) is 3.19. The minimum absolute atomic E-state index is 0.0529. The number of aromatic amines is 1. The van der Waals surface area contributed by atoms with E-state index in [-0.39, 0.29) is 47.2 Å². The van der Waals surface area contributed by atoms with Gasteiger partial charge in [0.05, 0.1) is 17.3 Å². The predicted octanol–water partition coefficient (Wildman–Crippen LogP) is 4.32. The number of para-hydroxylation sites is 1. The number of rotatable bonds is 13. The average molecular weight is 739 g/mol. The number of phenols is 1. The molecule has 0 unspecified atom stereocenters. The van der Waals surface area contributed by atoms with Crippen LogP contribution in [0.1, 0.15) is 43.8 Å². The first-order chi connectivity index (χ1) is 26.2. The molecule has 3 heterocycles. The third-order valence-electron chi connectivity index (χ3n) is 10.5. The van der Waals surface area contributed by atoms with Gasteiger partial charge in [0, 0.05) is 88.8 Å². The number of carbonyl (C=O) groups is 3. The van der Waals surface area contributed by atoms with Gasteiger partial charge in [-0.05, 0) is 55.0 Å². The zero-order chi connectivity index (χ0) is 38.0. The molecule has 13 heteroatoms. The van der Waals surface area contributed by atoms with Crippen LogP contribution in [-0.2, 0) is 14.3 Å². The lowest BCUT2D eigenvalue weighted by molar-refractivity contribution is -0.140. The van der Waals surface area contributed by atoms with Crippen LogP contribution in [0.3, 0.4) is 0 Å². The number of likely N-dealkylation sites (tertiary alicyclic amines) is 2. The summed E-state index contributed by atoms with van der Waals surface area (Å²) in [4.78, 5) is 59.1. The number of anilines is 1. The molecule has 1 aromatic heterocycles. The number of hydrogen-bond donors (Lipinski definition) is 5. The number of pyridine rings is 1. The van der Waals surface area contributed by atoms with E-state index in [1.165, 1.54) is 12.1 Å². The summed E-state index contributed by atoms with van der Waals surface area (Å²) in [6.45, 7) is 4.42. The van der Waals surface area contributed by atoms with Crippen LogP contribution < -0.4 is 16.2 Å². The van der Waals surface area contributed by atoms with E-state index in [0.29, 0.717) is 81.5 Å². The molecule has 0 bridgehead atoms. The number of likely N-dealkylation sites (N-methyl/N-ethyl adjacent to an activating group) is 1. The van der Waals surface area contributed by atoms with Gasteiger partial charge >= 0.3 is 6.09 Å². The number of hydrogen-bond acceptors (Lipinski definition) is 9. The van der Waals surface area contributed by atoms with Crippen molar-refractivity contribution in [1.29, 1.82) is 0 Å². The van der Waals surface area contributed by atoms with Crippen molar-refractivity contribution in [2.24, 2.45) is 5.92 Å². The number of amides is 3. The van der Waals surface area contributed by atoms with Crippen molar-refractivity contribution in [3.8, 4) is 16.9 Å². The van der Waals surface area contributed by atoms with E-state index in [1.807, 2.05) is 59.5 Å². The molecule has 3 aromatic carbocycles. The van der Waals surface area contributed by atoms with Crippen molar-refractivity contribution < 1.29 is 29.3 Å². The van der Waals surface area contributed by atoms with Crippen LogP contribution in [0.5, 0.6) is 5.75 Å². The smallest absolute Gasteiger partial charge is 0.411 e. The van der Waals surface area contributed by atoms with Crippen LogP contribution in [-0.4, -0.2) is 113 Å². The number of aliphatic hydroxyl groups excluding tert-OH is 1. The van der Waals surface area contributed by atoms with E-state index in [0.717, 1.165) is 24.2 Å². The number of aromatic hydroxyl groups is 1. The fraction of sp³-hybridized carbons (Fsp3) is 0.415. The van der Waals surface area contributed by atoms with Crippen molar-refractivity contribution in [3.63, 3.8) is 0 Å². The van der Waals surface area contributed by atoms with Crippen molar-refractivity contribution in [2.75, 3.05) is 64.7 Å². The predicted molar refractivity (Wildman–Crippen MR) is 207 cm³/mol. The molecule has 2 aliphatic heterocycles. The number of piperidine rings is 2. The highest BCUT2D eigenvalue weighted by atomic mass is 16.6. The van der Waals surface area contributed by atoms with Gasteiger partial charge in [-0.3, -0.25) is 19.7 Å². The van der Waals surface area contributed by atoms with Crippen molar-refractivity contribution >= 4 is 34.5 Å². The van der Waals surface area contributed by atoms with Gasteiger partial charge in [-0.1, -0.05) is 54.6 Å². The first kappa shape index (κ1) is 38.5. The Hall–Kier alpha value is -5.24. The standard InChI is InChI=1S/C41H50N6O7/c1-45(26-20-42-27-36(49)32-11-13-35(48)39-33(32)12-14-37(50)44-39)40(52)29-15-24-47(25-16-29)38(51)19-23-46-21-17-30(18-22-46)54-41(53)43-34-10-6-5-9-31(34)28-7-3-2-4-8-28/h2-14,29-30,36,42,48-49H,15-27H2,1H3,(H,43,53)(H,44,50)/t36-/m0/s1. The Bertz CT molecular complexity index is 1950. The molecule has 54 heavy (non-hydrogen) atoms. The third-order valence-corrected chi connectivity index (χ3v) is 10.5. The maximum Gasteiger partial charge on any atom is 0.411 e. The number of carbonyl (C=O) groups excluding carboxylic acids is 3. The van der Waals surface area contributed by atoms with E-state index in [1.54, 1.807) is 24.1 Å². The van der Waals surface area contributed by atoms with Gasteiger partial charge in [-0.2, -0.15) is 0 Å². The number of aliphatic hydroxyl groups is 1. The van der Waals surface area contributed by atoms with E-state index in [2.05, 4.69) is 20.5 Å². The Kier molecular flexibility index (Phi) is 13.0. The Morgan fingerprint density at radius 2 is 1.65 bits per heavy atom. The Morgan fingerprint density at radius 3 is 2.41 bits per heavy atom. The minimum Gasteiger partial charge on any atom is -0.506 e. The fourth-order valence-electron chi connectivity index (χ4n) is 7.36. The highest BCUT2D eigenvalue weighted by Crippen LogP contribution is 2.30. The number of fused-ring (bicyclic) bond motifs is 1. The molecule has 2 saturated heterocycles. The van der Waals surface area contributed by atoms with Crippen LogP contribution in [0.15, 0.2) is 83.7 Å². The SMILES string of the molecule is CN(CCNC[C@H](O)c1ccc(O)c2[nH]c(=O)ccc12)C(=O)C1CCN(C(=O)CCN2CCC(OC(=O)Nc3ccccc3-c3ccccc3)CC2)CC1. The number of nitrogens with one attached hydrogen (secondary N) is 3. The van der Waals surface area contributed by atoms with Gasteiger partial charge in [-0.15, -0.1) is 0 Å². The first-order valence-electron chi connectivity index (χ1n) is 18.8. The quantitative estimate of drug-likeness (QED) is 0.126. The van der Waals surface area contributed by atoms with Gasteiger partial charge in [0.15, 0.2) is 0 Å². The molecular weight excluding hydrogens is 688 g/mol. The second-order valence-corrected chi connectivity index (χ2v) is 14.2. The second-order valence-electron chi connectivity index (χ2n) is 14.2. The molecule has 2 aliphatic rings. The highest BCUT2D eigenvalue weighted by Gasteiger charge is 2.30. The summed E-state index contributed by atoms with van der Waals surface area (Å²) in [6.07, 6.45) is 1.54. The Labute approximate surface area is 314 Å². The summed E-state index contributed by atoms with van der Waals surface area (Å²) >= 11 is 0. The Balaban J connectivity index is 0.849. The number of H-pyrrole nitrogens is 1. The number of nitrogens with zero attached hydrogens (tertiary/aromatic N) is 3. The number of benzene rings is 3. The van der Waals surface area contributed by atoms with Gasteiger partial charge < -0.3 is 40.0 Å². The molecule has 286 valence electrons. The lowest BCUT2D eigenvalue weighted by atomic mass is 9.95. The number of phenolic OH excluding ortho intramolecular Hbond substituents is 1. The monoisotopic (exact) mass is 738 g/mol. The summed E-state index contributed by atoms with van der Waals surface area (Å²) in [7, 11) is 1.77. The molecule has 0 spiro atoms. The maximum atomic E-state index is 13.2. The maximum absolute atomic E-state index is 13.2. The summed E-state index contributed by atoms with van der Waals surface area (Å²) < 4.78 is 5.76. The van der Waals surface area contributed by atoms with Gasteiger partial charge in [0.1, 0.15) is 11.9 Å². The van der Waals surface area contributed by atoms with Crippen LogP contribution in [0.4, 0.5) is 10.5 Å². The van der Waals surface area contributed by atoms with Crippen LogP contribution in [0.2, 0.25) is 0 Å². The molecule has 1 atom stereocenters. The molecule has 13 nitrogen and oxygen atoms in total.